The number of hydrogen-bond acceptors (Lipinski definition) is 5. The molecule has 0 unspecified atom stereocenters. The number of hydrogen-bond donors (Lipinski definition) is 2. The lowest BCUT2D eigenvalue weighted by atomic mass is 10.1. The lowest BCUT2D eigenvalue weighted by molar-refractivity contribution is 0.0696. The highest BCUT2D eigenvalue weighted by atomic mass is 32.2. The molecule has 0 aromatic heterocycles. The average Bonchev–Trinajstić information content (AvgIpc) is 2.55. The Hall–Kier alpha value is -1.96. The molecule has 24 heavy (non-hydrogen) atoms. The molecule has 0 atom stereocenters. The molecule has 0 saturated carbocycles. The van der Waals surface area contributed by atoms with Gasteiger partial charge in [0.2, 0.25) is 0 Å². The third kappa shape index (κ3) is 4.77. The molecule has 7 nitrogen and oxygen atoms in total. The Morgan fingerprint density at radius 1 is 1.21 bits per heavy atom. The Labute approximate surface area is 143 Å². The second-order valence-corrected chi connectivity index (χ2v) is 7.26. The number of nitrogens with zero attached hydrogens (tertiary/aromatic N) is 2. The Kier molecular flexibility index (Phi) is 7.34. The van der Waals surface area contributed by atoms with Crippen LogP contribution in [-0.2, 0) is 10.0 Å². The summed E-state index contributed by atoms with van der Waals surface area (Å²) < 4.78 is 26.8. The van der Waals surface area contributed by atoms with Gasteiger partial charge in [0.1, 0.15) is 0 Å². The minimum Gasteiger partial charge on any atom is -0.478 e. The first kappa shape index (κ1) is 20.1. The lowest BCUT2D eigenvalue weighted by Gasteiger charge is -2.27. The van der Waals surface area contributed by atoms with Gasteiger partial charge in [-0.15, -0.1) is 0 Å². The molecule has 0 aliphatic rings. The van der Waals surface area contributed by atoms with Gasteiger partial charge in [0.25, 0.3) is 10.0 Å². The molecule has 2 N–H and O–H groups in total. The van der Waals surface area contributed by atoms with Gasteiger partial charge in [-0.25, -0.2) is 4.79 Å². The molecule has 0 bridgehead atoms. The summed E-state index contributed by atoms with van der Waals surface area (Å²) in [5.74, 6) is -1.20. The predicted octanol–water partition coefficient (Wildman–Crippen LogP) is 3.82. The van der Waals surface area contributed by atoms with Crippen molar-refractivity contribution in [2.24, 2.45) is 4.52 Å². The van der Waals surface area contributed by atoms with E-state index in [0.29, 0.717) is 11.3 Å². The van der Waals surface area contributed by atoms with Crippen LogP contribution in [0.25, 0.3) is 0 Å². The summed E-state index contributed by atoms with van der Waals surface area (Å²) in [6, 6.07) is 2.58. The summed E-state index contributed by atoms with van der Waals surface area (Å²) in [6.07, 6.45) is 3.80. The van der Waals surface area contributed by atoms with Gasteiger partial charge in [0.15, 0.2) is 0 Å². The van der Waals surface area contributed by atoms with Gasteiger partial charge in [-0.2, -0.15) is 13.9 Å². The van der Waals surface area contributed by atoms with Crippen molar-refractivity contribution in [3.05, 3.63) is 23.3 Å². The second kappa shape index (κ2) is 8.77. The summed E-state index contributed by atoms with van der Waals surface area (Å²) in [7, 11) is -4.18. The number of carboxylic acids is 1. The van der Waals surface area contributed by atoms with Crippen LogP contribution in [0.4, 0.5) is 5.69 Å². The highest BCUT2D eigenvalue weighted by Gasteiger charge is 2.23. The van der Waals surface area contributed by atoms with Crippen molar-refractivity contribution in [2.75, 3.05) is 18.0 Å². The van der Waals surface area contributed by atoms with Crippen molar-refractivity contribution in [2.45, 2.75) is 51.3 Å². The minimum atomic E-state index is -4.18. The van der Waals surface area contributed by atoms with Crippen LogP contribution in [0, 0.1) is 12.5 Å². The molecule has 0 amide bonds. The first-order chi connectivity index (χ1) is 11.3. The maximum atomic E-state index is 12.0. The Balaban J connectivity index is 3.52. The molecule has 134 valence electrons. The van der Waals surface area contributed by atoms with Crippen molar-refractivity contribution >= 4 is 21.7 Å². The zero-order chi connectivity index (χ0) is 18.3. The van der Waals surface area contributed by atoms with Crippen LogP contribution >= 0.6 is 0 Å². The first-order valence-electron chi connectivity index (χ1n) is 8.05. The summed E-state index contributed by atoms with van der Waals surface area (Å²) in [5.41, 5.74) is 7.79. The van der Waals surface area contributed by atoms with Crippen LogP contribution in [0.3, 0.4) is 0 Å². The van der Waals surface area contributed by atoms with Crippen molar-refractivity contribution in [1.29, 1.82) is 5.53 Å². The Bertz CT molecular complexity index is 694. The second-order valence-electron chi connectivity index (χ2n) is 5.68. The third-order valence-electron chi connectivity index (χ3n) is 3.88. The van der Waals surface area contributed by atoms with E-state index < -0.39 is 16.0 Å². The number of carboxylic acid groups (broad SMARTS) is 1. The number of rotatable bonds is 10. The van der Waals surface area contributed by atoms with Crippen LogP contribution in [0.1, 0.15) is 55.5 Å². The van der Waals surface area contributed by atoms with Crippen LogP contribution in [-0.4, -0.2) is 32.6 Å². The molecular formula is C16H25N3O4S. The van der Waals surface area contributed by atoms with E-state index in [0.717, 1.165) is 44.8 Å². The standard InChI is InChI=1S/C16H25N3O4S/c1-4-6-8-19(9-7-5-2)14-10-13(16(20)21)11-15(12(14)3)24(22,23)18-17/h10-11,17H,4-9H2,1-3H3,(H,20,21). The molecule has 1 rings (SSSR count). The smallest absolute Gasteiger partial charge is 0.335 e. The van der Waals surface area contributed by atoms with Crippen LogP contribution in [0.5, 0.6) is 0 Å². The van der Waals surface area contributed by atoms with Gasteiger partial charge in [-0.1, -0.05) is 31.2 Å². The normalized spacial score (nSPS) is 11.3. The molecule has 1 aromatic rings. The molecule has 0 saturated heterocycles. The van der Waals surface area contributed by atoms with Crippen molar-refractivity contribution in [1.82, 2.24) is 0 Å². The molecule has 0 aliphatic carbocycles. The first-order valence-corrected chi connectivity index (χ1v) is 9.49. The fourth-order valence-electron chi connectivity index (χ4n) is 2.49. The van der Waals surface area contributed by atoms with Gasteiger partial charge in [-0.3, -0.25) is 0 Å². The highest BCUT2D eigenvalue weighted by Crippen LogP contribution is 2.30. The number of anilines is 1. The molecule has 0 spiro atoms. The van der Waals surface area contributed by atoms with Crippen molar-refractivity contribution in [3.63, 3.8) is 0 Å². The molecular weight excluding hydrogens is 330 g/mol. The zero-order valence-corrected chi connectivity index (χ0v) is 15.2. The number of aromatic carboxylic acids is 1. The monoisotopic (exact) mass is 355 g/mol. The molecule has 0 aliphatic heterocycles. The fraction of sp³-hybridized carbons (Fsp3) is 0.562. The SMILES string of the molecule is CCCCN(CCCC)c1cc(C(=O)O)cc(S(=O)(=O)N=N)c1C. The third-order valence-corrected chi connectivity index (χ3v) is 5.10. The predicted molar refractivity (Wildman–Crippen MR) is 92.5 cm³/mol. The Morgan fingerprint density at radius 3 is 2.17 bits per heavy atom. The van der Waals surface area contributed by atoms with E-state index in [1.807, 2.05) is 4.90 Å². The van der Waals surface area contributed by atoms with Gasteiger partial charge in [0, 0.05) is 18.8 Å². The lowest BCUT2D eigenvalue weighted by Crippen LogP contribution is -2.27. The quantitative estimate of drug-likeness (QED) is 0.620. The molecule has 0 heterocycles. The van der Waals surface area contributed by atoms with E-state index in [-0.39, 0.29) is 10.5 Å². The van der Waals surface area contributed by atoms with Crippen LogP contribution in [0.2, 0.25) is 0 Å². The summed E-state index contributed by atoms with van der Waals surface area (Å²) in [5, 5.41) is 9.31. The van der Waals surface area contributed by atoms with E-state index in [4.69, 9.17) is 5.53 Å². The molecule has 0 fully saturated rings. The molecule has 1 aromatic carbocycles. The largest absolute Gasteiger partial charge is 0.478 e. The number of unbranched alkanes of at least 4 members (excludes halogenated alkanes) is 2. The maximum Gasteiger partial charge on any atom is 0.335 e. The van der Waals surface area contributed by atoms with Gasteiger partial charge in [-0.05, 0) is 37.5 Å². The van der Waals surface area contributed by atoms with Crippen LogP contribution in [0.15, 0.2) is 21.5 Å². The number of sulfonamides is 1. The number of carbonyl (C=O) groups is 1. The van der Waals surface area contributed by atoms with E-state index in [1.165, 1.54) is 6.07 Å². The summed E-state index contributed by atoms with van der Waals surface area (Å²) in [6.45, 7) is 7.19. The highest BCUT2D eigenvalue weighted by molar-refractivity contribution is 7.90. The van der Waals surface area contributed by atoms with E-state index in [2.05, 4.69) is 18.4 Å². The summed E-state index contributed by atoms with van der Waals surface area (Å²) >= 11 is 0. The van der Waals surface area contributed by atoms with Gasteiger partial charge in [0.05, 0.1) is 10.5 Å². The molecule has 0 radical (unpaired) electrons. The van der Waals surface area contributed by atoms with E-state index >= 15 is 0 Å². The fourth-order valence-corrected chi connectivity index (χ4v) is 3.36. The maximum absolute atomic E-state index is 12.0. The minimum absolute atomic E-state index is 0.115. The van der Waals surface area contributed by atoms with Crippen LogP contribution < -0.4 is 4.90 Å². The van der Waals surface area contributed by atoms with Crippen molar-refractivity contribution in [3.8, 4) is 0 Å². The van der Waals surface area contributed by atoms with E-state index in [9.17, 15) is 18.3 Å². The van der Waals surface area contributed by atoms with Gasteiger partial charge >= 0.3 is 5.97 Å². The van der Waals surface area contributed by atoms with Crippen molar-refractivity contribution < 1.29 is 18.3 Å². The van der Waals surface area contributed by atoms with Gasteiger partial charge < -0.3 is 10.0 Å². The molecule has 8 heteroatoms. The summed E-state index contributed by atoms with van der Waals surface area (Å²) in [4.78, 5) is 13.2. The zero-order valence-electron chi connectivity index (χ0n) is 14.4. The topological polar surface area (TPSA) is 111 Å². The number of nitrogens with one attached hydrogen (secondary N) is 1. The number of benzene rings is 1. The Morgan fingerprint density at radius 2 is 1.75 bits per heavy atom. The van der Waals surface area contributed by atoms with E-state index in [1.54, 1.807) is 6.92 Å². The average molecular weight is 355 g/mol.